The highest BCUT2D eigenvalue weighted by molar-refractivity contribution is 5.99. The zero-order chi connectivity index (χ0) is 17.8. The predicted octanol–water partition coefficient (Wildman–Crippen LogP) is 3.37. The van der Waals surface area contributed by atoms with Crippen molar-refractivity contribution in [1.82, 2.24) is 4.98 Å². The van der Waals surface area contributed by atoms with Gasteiger partial charge in [0, 0.05) is 5.39 Å². The number of carbonyl (C=O) groups is 1. The number of hydrogen-bond acceptors (Lipinski definition) is 5. The summed E-state index contributed by atoms with van der Waals surface area (Å²) >= 11 is 0. The van der Waals surface area contributed by atoms with Gasteiger partial charge in [0.1, 0.15) is 5.75 Å². The SMILES string of the molecule is CCOC(=O)c1c(Oc2cccc(C#N)c2)c2ccccc2[nH]c1=O. The summed E-state index contributed by atoms with van der Waals surface area (Å²) in [5, 5.41) is 9.58. The lowest BCUT2D eigenvalue weighted by Crippen LogP contribution is -2.21. The predicted molar refractivity (Wildman–Crippen MR) is 91.8 cm³/mol. The second kappa shape index (κ2) is 6.89. The molecule has 2 aromatic carbocycles. The first kappa shape index (κ1) is 16.3. The standard InChI is InChI=1S/C19H14N2O4/c1-2-24-19(23)16-17(25-13-7-5-6-12(10-13)11-20)14-8-3-4-9-15(14)21-18(16)22/h3-10H,2H2,1H3,(H,21,22). The number of para-hydroxylation sites is 1. The van der Waals surface area contributed by atoms with Crippen LogP contribution < -0.4 is 10.3 Å². The normalized spacial score (nSPS) is 10.2. The largest absolute Gasteiger partial charge is 0.462 e. The summed E-state index contributed by atoms with van der Waals surface area (Å²) in [6.07, 6.45) is 0. The van der Waals surface area contributed by atoms with Crippen molar-refractivity contribution in [3.8, 4) is 17.6 Å². The van der Waals surface area contributed by atoms with E-state index in [1.807, 2.05) is 6.07 Å². The third kappa shape index (κ3) is 3.21. The molecule has 0 spiro atoms. The van der Waals surface area contributed by atoms with Gasteiger partial charge >= 0.3 is 5.97 Å². The second-order valence-corrected chi connectivity index (χ2v) is 5.17. The Kier molecular flexibility index (Phi) is 4.48. The molecule has 6 heteroatoms. The maximum atomic E-state index is 12.4. The van der Waals surface area contributed by atoms with Gasteiger partial charge in [0.05, 0.1) is 23.8 Å². The van der Waals surface area contributed by atoms with Gasteiger partial charge in [-0.05, 0) is 37.3 Å². The number of H-pyrrole nitrogens is 1. The molecule has 1 aromatic heterocycles. The molecule has 6 nitrogen and oxygen atoms in total. The Hall–Kier alpha value is -3.59. The number of carbonyl (C=O) groups excluding carboxylic acids is 1. The molecule has 0 amide bonds. The smallest absolute Gasteiger partial charge is 0.347 e. The minimum Gasteiger partial charge on any atom is -0.462 e. The van der Waals surface area contributed by atoms with E-state index in [-0.39, 0.29) is 17.9 Å². The molecular formula is C19H14N2O4. The molecule has 0 unspecified atom stereocenters. The molecule has 0 bridgehead atoms. The topological polar surface area (TPSA) is 92.2 Å². The van der Waals surface area contributed by atoms with Crippen molar-refractivity contribution < 1.29 is 14.3 Å². The Morgan fingerprint density at radius 2 is 2.00 bits per heavy atom. The van der Waals surface area contributed by atoms with E-state index in [9.17, 15) is 9.59 Å². The fourth-order valence-electron chi connectivity index (χ4n) is 2.45. The Balaban J connectivity index is 2.22. The van der Waals surface area contributed by atoms with Crippen LogP contribution in [0.5, 0.6) is 11.5 Å². The van der Waals surface area contributed by atoms with Gasteiger partial charge in [0.2, 0.25) is 0 Å². The minimum atomic E-state index is -0.763. The van der Waals surface area contributed by atoms with Crippen molar-refractivity contribution in [1.29, 1.82) is 5.26 Å². The first-order valence-electron chi connectivity index (χ1n) is 7.64. The molecule has 0 aliphatic heterocycles. The molecule has 3 rings (SSSR count). The van der Waals surface area contributed by atoms with Crippen LogP contribution in [0.15, 0.2) is 53.3 Å². The van der Waals surface area contributed by atoms with Crippen LogP contribution in [0.1, 0.15) is 22.8 Å². The number of nitriles is 1. The van der Waals surface area contributed by atoms with Crippen LogP contribution in [-0.4, -0.2) is 17.6 Å². The Labute approximate surface area is 143 Å². The van der Waals surface area contributed by atoms with Crippen LogP contribution in [-0.2, 0) is 4.74 Å². The molecule has 0 fully saturated rings. The number of nitrogens with zero attached hydrogens (tertiary/aromatic N) is 1. The summed E-state index contributed by atoms with van der Waals surface area (Å²) in [5.41, 5.74) is 0.141. The molecule has 1 N–H and O–H groups in total. The van der Waals surface area contributed by atoms with Crippen LogP contribution in [0, 0.1) is 11.3 Å². The van der Waals surface area contributed by atoms with Crippen LogP contribution in [0.3, 0.4) is 0 Å². The maximum Gasteiger partial charge on any atom is 0.347 e. The molecule has 0 saturated carbocycles. The van der Waals surface area contributed by atoms with Gasteiger partial charge in [0.25, 0.3) is 5.56 Å². The monoisotopic (exact) mass is 334 g/mol. The van der Waals surface area contributed by atoms with Crippen molar-refractivity contribution in [2.75, 3.05) is 6.61 Å². The molecule has 124 valence electrons. The quantitative estimate of drug-likeness (QED) is 0.739. The highest BCUT2D eigenvalue weighted by Crippen LogP contribution is 2.31. The lowest BCUT2D eigenvalue weighted by atomic mass is 10.1. The first-order chi connectivity index (χ1) is 12.1. The van der Waals surface area contributed by atoms with Crippen molar-refractivity contribution in [3.05, 3.63) is 70.0 Å². The minimum absolute atomic E-state index is 0.105. The zero-order valence-corrected chi connectivity index (χ0v) is 13.4. The number of aromatic nitrogens is 1. The highest BCUT2D eigenvalue weighted by Gasteiger charge is 2.22. The van der Waals surface area contributed by atoms with E-state index in [0.717, 1.165) is 0 Å². The number of benzene rings is 2. The van der Waals surface area contributed by atoms with Crippen LogP contribution in [0.2, 0.25) is 0 Å². The number of rotatable bonds is 4. The first-order valence-corrected chi connectivity index (χ1v) is 7.64. The third-order valence-electron chi connectivity index (χ3n) is 3.54. The molecule has 3 aromatic rings. The lowest BCUT2D eigenvalue weighted by molar-refractivity contribution is 0.0521. The van der Waals surface area contributed by atoms with E-state index in [4.69, 9.17) is 14.7 Å². The van der Waals surface area contributed by atoms with Gasteiger partial charge < -0.3 is 14.5 Å². The molecular weight excluding hydrogens is 320 g/mol. The Bertz CT molecular complexity index is 1050. The third-order valence-corrected chi connectivity index (χ3v) is 3.54. The maximum absolute atomic E-state index is 12.4. The number of nitrogens with one attached hydrogen (secondary N) is 1. The summed E-state index contributed by atoms with van der Waals surface area (Å²) in [6, 6.07) is 15.5. The van der Waals surface area contributed by atoms with Crippen molar-refractivity contribution >= 4 is 16.9 Å². The Morgan fingerprint density at radius 1 is 1.20 bits per heavy atom. The van der Waals surface area contributed by atoms with E-state index < -0.39 is 11.5 Å². The van der Waals surface area contributed by atoms with E-state index in [0.29, 0.717) is 22.2 Å². The molecule has 0 saturated heterocycles. The van der Waals surface area contributed by atoms with E-state index in [2.05, 4.69) is 4.98 Å². The Morgan fingerprint density at radius 3 is 2.76 bits per heavy atom. The fourth-order valence-corrected chi connectivity index (χ4v) is 2.45. The van der Waals surface area contributed by atoms with Gasteiger partial charge in [-0.15, -0.1) is 0 Å². The number of esters is 1. The summed E-state index contributed by atoms with van der Waals surface area (Å²) in [7, 11) is 0. The molecule has 25 heavy (non-hydrogen) atoms. The van der Waals surface area contributed by atoms with Crippen LogP contribution in [0.25, 0.3) is 10.9 Å². The molecule has 0 atom stereocenters. The van der Waals surface area contributed by atoms with Gasteiger partial charge in [0.15, 0.2) is 11.3 Å². The number of pyridine rings is 1. The molecule has 0 aliphatic rings. The van der Waals surface area contributed by atoms with Crippen molar-refractivity contribution in [3.63, 3.8) is 0 Å². The fraction of sp³-hybridized carbons (Fsp3) is 0.105. The summed E-state index contributed by atoms with van der Waals surface area (Å²) in [4.78, 5) is 27.3. The average Bonchev–Trinajstić information content (AvgIpc) is 2.62. The van der Waals surface area contributed by atoms with Crippen LogP contribution >= 0.6 is 0 Å². The number of ether oxygens (including phenoxy) is 2. The van der Waals surface area contributed by atoms with Gasteiger partial charge in [-0.3, -0.25) is 4.79 Å². The van der Waals surface area contributed by atoms with E-state index in [1.165, 1.54) is 6.07 Å². The zero-order valence-electron chi connectivity index (χ0n) is 13.4. The summed E-state index contributed by atoms with van der Waals surface area (Å²) in [6.45, 7) is 1.79. The van der Waals surface area contributed by atoms with Crippen molar-refractivity contribution in [2.45, 2.75) is 6.92 Å². The van der Waals surface area contributed by atoms with Gasteiger partial charge in [-0.2, -0.15) is 5.26 Å². The van der Waals surface area contributed by atoms with Crippen molar-refractivity contribution in [2.24, 2.45) is 0 Å². The van der Waals surface area contributed by atoms with Gasteiger partial charge in [-0.1, -0.05) is 18.2 Å². The van der Waals surface area contributed by atoms with E-state index >= 15 is 0 Å². The molecule has 0 aliphatic carbocycles. The highest BCUT2D eigenvalue weighted by atomic mass is 16.5. The van der Waals surface area contributed by atoms with Gasteiger partial charge in [-0.25, -0.2) is 4.79 Å². The number of fused-ring (bicyclic) bond motifs is 1. The van der Waals surface area contributed by atoms with Crippen LogP contribution in [0.4, 0.5) is 0 Å². The second-order valence-electron chi connectivity index (χ2n) is 5.17. The average molecular weight is 334 g/mol. The summed E-state index contributed by atoms with van der Waals surface area (Å²) in [5.74, 6) is -0.311. The molecule has 1 heterocycles. The number of hydrogen-bond donors (Lipinski definition) is 1. The summed E-state index contributed by atoms with van der Waals surface area (Å²) < 4.78 is 10.8. The lowest BCUT2D eigenvalue weighted by Gasteiger charge is -2.13. The van der Waals surface area contributed by atoms with E-state index in [1.54, 1.807) is 49.4 Å². The molecule has 0 radical (unpaired) electrons. The number of aromatic amines is 1.